The van der Waals surface area contributed by atoms with Crippen molar-refractivity contribution in [3.05, 3.63) is 71.4 Å². The summed E-state index contributed by atoms with van der Waals surface area (Å²) in [7, 11) is 4.12. The molecule has 4 heteroatoms. The zero-order valence-electron chi connectivity index (χ0n) is 15.4. The molecule has 0 amide bonds. The zero-order valence-corrected chi connectivity index (χ0v) is 15.4. The predicted octanol–water partition coefficient (Wildman–Crippen LogP) is 3.41. The molecule has 4 rings (SSSR count). The smallest absolute Gasteiger partial charge is 0.119 e. The van der Waals surface area contributed by atoms with Crippen molar-refractivity contribution in [1.29, 1.82) is 0 Å². The van der Waals surface area contributed by atoms with Gasteiger partial charge in [-0.1, -0.05) is 24.3 Å². The lowest BCUT2D eigenvalue weighted by Gasteiger charge is -2.28. The van der Waals surface area contributed by atoms with Gasteiger partial charge in [0, 0.05) is 24.7 Å². The van der Waals surface area contributed by atoms with E-state index in [0.717, 1.165) is 30.8 Å². The number of likely N-dealkylation sites (N-methyl/N-ethyl adjacent to an activating group) is 1. The van der Waals surface area contributed by atoms with E-state index in [0.29, 0.717) is 6.61 Å². The Morgan fingerprint density at radius 2 is 2.00 bits per heavy atom. The molecule has 1 aliphatic heterocycles. The van der Waals surface area contributed by atoms with Gasteiger partial charge in [0.1, 0.15) is 12.4 Å². The number of pyridine rings is 1. The average molecular weight is 347 g/mol. The number of ether oxygens (including phenoxy) is 1. The van der Waals surface area contributed by atoms with E-state index >= 15 is 0 Å². The first-order valence-electron chi connectivity index (χ1n) is 9.20. The van der Waals surface area contributed by atoms with Gasteiger partial charge in [0.05, 0.1) is 11.6 Å². The highest BCUT2D eigenvalue weighted by Gasteiger charge is 2.23. The van der Waals surface area contributed by atoms with Crippen molar-refractivity contribution >= 4 is 10.9 Å². The van der Waals surface area contributed by atoms with Crippen LogP contribution in [0.5, 0.6) is 5.75 Å². The molecule has 0 aliphatic carbocycles. The highest BCUT2D eigenvalue weighted by molar-refractivity contribution is 5.83. The van der Waals surface area contributed by atoms with Crippen molar-refractivity contribution in [2.45, 2.75) is 12.5 Å². The van der Waals surface area contributed by atoms with Crippen LogP contribution in [0.25, 0.3) is 10.9 Å². The molecule has 1 aliphatic rings. The Labute approximate surface area is 154 Å². The molecule has 3 aromatic rings. The number of nitrogens with zero attached hydrogens (tertiary/aromatic N) is 2. The first-order valence-corrected chi connectivity index (χ1v) is 9.20. The first-order chi connectivity index (χ1) is 12.7. The molecule has 0 saturated carbocycles. The van der Waals surface area contributed by atoms with Gasteiger partial charge in [-0.05, 0) is 61.5 Å². The van der Waals surface area contributed by atoms with Gasteiger partial charge in [0.25, 0.3) is 0 Å². The molecule has 1 N–H and O–H groups in total. The van der Waals surface area contributed by atoms with E-state index < -0.39 is 0 Å². The molecule has 0 saturated heterocycles. The number of aromatic nitrogens is 1. The second-order valence-corrected chi connectivity index (χ2v) is 7.07. The molecule has 0 radical (unpaired) electrons. The minimum atomic E-state index is 0.197. The Balaban J connectivity index is 1.65. The molecule has 1 unspecified atom stereocenters. The van der Waals surface area contributed by atoms with Crippen molar-refractivity contribution in [3.63, 3.8) is 0 Å². The highest BCUT2D eigenvalue weighted by atomic mass is 16.5. The van der Waals surface area contributed by atoms with E-state index in [1.165, 1.54) is 22.1 Å². The van der Waals surface area contributed by atoms with E-state index in [2.05, 4.69) is 71.8 Å². The van der Waals surface area contributed by atoms with Gasteiger partial charge >= 0.3 is 0 Å². The largest absolute Gasteiger partial charge is 0.492 e. The summed E-state index contributed by atoms with van der Waals surface area (Å²) in [5.41, 5.74) is 5.05. The summed E-state index contributed by atoms with van der Waals surface area (Å²) < 4.78 is 5.92. The molecular formula is C22H25N3O. The fourth-order valence-corrected chi connectivity index (χ4v) is 3.62. The number of benzene rings is 2. The normalized spacial score (nSPS) is 16.7. The van der Waals surface area contributed by atoms with Gasteiger partial charge in [0.15, 0.2) is 0 Å². The van der Waals surface area contributed by atoms with Gasteiger partial charge < -0.3 is 15.0 Å². The fraction of sp³-hybridized carbons (Fsp3) is 0.318. The minimum Gasteiger partial charge on any atom is -0.492 e. The molecule has 4 nitrogen and oxygen atoms in total. The van der Waals surface area contributed by atoms with E-state index in [9.17, 15) is 0 Å². The number of hydrogen-bond donors (Lipinski definition) is 1. The van der Waals surface area contributed by atoms with Crippen molar-refractivity contribution in [3.8, 4) is 5.75 Å². The van der Waals surface area contributed by atoms with Crippen LogP contribution in [0.15, 0.2) is 54.7 Å². The van der Waals surface area contributed by atoms with Gasteiger partial charge in [-0.25, -0.2) is 0 Å². The van der Waals surface area contributed by atoms with Gasteiger partial charge in [-0.3, -0.25) is 4.98 Å². The number of fused-ring (bicyclic) bond motifs is 2. The second-order valence-electron chi connectivity index (χ2n) is 7.07. The maximum atomic E-state index is 5.92. The summed E-state index contributed by atoms with van der Waals surface area (Å²) in [5.74, 6) is 0.964. The lowest BCUT2D eigenvalue weighted by Crippen LogP contribution is -2.30. The first kappa shape index (κ1) is 17.0. The summed E-state index contributed by atoms with van der Waals surface area (Å²) in [6.45, 7) is 2.60. The fourth-order valence-electron chi connectivity index (χ4n) is 3.62. The maximum absolute atomic E-state index is 5.92. The summed E-state index contributed by atoms with van der Waals surface area (Å²) in [6, 6.07) is 17.2. The van der Waals surface area contributed by atoms with Crippen LogP contribution in [0.3, 0.4) is 0 Å². The predicted molar refractivity (Wildman–Crippen MR) is 106 cm³/mol. The Bertz CT molecular complexity index is 902. The molecule has 0 spiro atoms. The summed E-state index contributed by atoms with van der Waals surface area (Å²) in [4.78, 5) is 6.63. The quantitative estimate of drug-likeness (QED) is 0.767. The van der Waals surface area contributed by atoms with E-state index in [1.54, 1.807) is 0 Å². The van der Waals surface area contributed by atoms with Crippen LogP contribution in [-0.4, -0.2) is 43.7 Å². The van der Waals surface area contributed by atoms with Crippen LogP contribution in [-0.2, 0) is 6.42 Å². The number of hydrogen-bond acceptors (Lipinski definition) is 4. The topological polar surface area (TPSA) is 37.4 Å². The standard InChI is InChI=1S/C22H25N3O/c1-25(2)13-14-26-17-7-8-18-16(15-17)9-11-24-22(18)20-10-12-23-21-6-4-3-5-19(20)21/h3-8,10,12,15,22,24H,9,11,13-14H2,1-2H3. The minimum absolute atomic E-state index is 0.197. The van der Waals surface area contributed by atoms with E-state index in [-0.39, 0.29) is 6.04 Å². The van der Waals surface area contributed by atoms with Crippen molar-refractivity contribution < 1.29 is 4.74 Å². The Morgan fingerprint density at radius 3 is 2.88 bits per heavy atom. The van der Waals surface area contributed by atoms with Gasteiger partial charge in [0.2, 0.25) is 0 Å². The third-order valence-corrected chi connectivity index (χ3v) is 4.97. The molecule has 2 heterocycles. The third kappa shape index (κ3) is 3.43. The van der Waals surface area contributed by atoms with Gasteiger partial charge in [-0.15, -0.1) is 0 Å². The number of para-hydroxylation sites is 1. The highest BCUT2D eigenvalue weighted by Crippen LogP contribution is 2.34. The van der Waals surface area contributed by atoms with E-state index in [4.69, 9.17) is 4.74 Å². The molecule has 1 atom stereocenters. The summed E-state index contributed by atoms with van der Waals surface area (Å²) in [5, 5.41) is 4.90. The monoisotopic (exact) mass is 347 g/mol. The molecule has 2 aromatic carbocycles. The van der Waals surface area contributed by atoms with Crippen LogP contribution >= 0.6 is 0 Å². The van der Waals surface area contributed by atoms with Crippen LogP contribution in [0.1, 0.15) is 22.7 Å². The number of rotatable bonds is 5. The summed E-state index contributed by atoms with van der Waals surface area (Å²) in [6.07, 6.45) is 2.94. The van der Waals surface area contributed by atoms with Crippen LogP contribution < -0.4 is 10.1 Å². The molecular weight excluding hydrogens is 322 g/mol. The van der Waals surface area contributed by atoms with Crippen LogP contribution in [0.4, 0.5) is 0 Å². The number of nitrogens with one attached hydrogen (secondary N) is 1. The molecule has 26 heavy (non-hydrogen) atoms. The molecule has 1 aromatic heterocycles. The lowest BCUT2D eigenvalue weighted by molar-refractivity contribution is 0.261. The van der Waals surface area contributed by atoms with Crippen molar-refractivity contribution in [2.24, 2.45) is 0 Å². The average Bonchev–Trinajstić information content (AvgIpc) is 2.66. The van der Waals surface area contributed by atoms with Crippen LogP contribution in [0.2, 0.25) is 0 Å². The van der Waals surface area contributed by atoms with E-state index in [1.807, 2.05) is 12.3 Å². The lowest BCUT2D eigenvalue weighted by atomic mass is 9.88. The second kappa shape index (κ2) is 7.44. The van der Waals surface area contributed by atoms with Gasteiger partial charge in [-0.2, -0.15) is 0 Å². The third-order valence-electron chi connectivity index (χ3n) is 4.97. The van der Waals surface area contributed by atoms with Crippen molar-refractivity contribution in [2.75, 3.05) is 33.8 Å². The zero-order chi connectivity index (χ0) is 17.9. The molecule has 0 fully saturated rings. The Kier molecular flexibility index (Phi) is 4.87. The Hall–Kier alpha value is -2.43. The van der Waals surface area contributed by atoms with Crippen molar-refractivity contribution in [1.82, 2.24) is 15.2 Å². The summed E-state index contributed by atoms with van der Waals surface area (Å²) >= 11 is 0. The molecule has 0 bridgehead atoms. The van der Waals surface area contributed by atoms with Crippen LogP contribution in [0, 0.1) is 0 Å². The Morgan fingerprint density at radius 1 is 1.12 bits per heavy atom. The molecule has 134 valence electrons. The maximum Gasteiger partial charge on any atom is 0.119 e. The SMILES string of the molecule is CN(C)CCOc1ccc2c(c1)CCNC2c1ccnc2ccccc12.